The number of carboxylic acid groups (broad SMARTS) is 1. The van der Waals surface area contributed by atoms with E-state index < -0.39 is 11.8 Å². The van der Waals surface area contributed by atoms with Crippen LogP contribution >= 0.6 is 0 Å². The zero-order valence-electron chi connectivity index (χ0n) is 22.1. The van der Waals surface area contributed by atoms with E-state index in [1.807, 2.05) is 0 Å². The highest BCUT2D eigenvalue weighted by atomic mass is 16.5. The van der Waals surface area contributed by atoms with Crippen LogP contribution in [-0.2, 0) is 11.2 Å². The Morgan fingerprint density at radius 3 is 1.58 bits per heavy atom. The highest BCUT2D eigenvalue weighted by Gasteiger charge is 2.26. The summed E-state index contributed by atoms with van der Waals surface area (Å²) in [7, 11) is 8.88. The maximum Gasteiger partial charge on any atom is 0.336 e. The molecule has 9 nitrogen and oxygen atoms in total. The molecule has 0 aliphatic carbocycles. The number of ether oxygens (including phenoxy) is 6. The van der Waals surface area contributed by atoms with Gasteiger partial charge in [-0.1, -0.05) is 0 Å². The molecule has 0 spiro atoms. The van der Waals surface area contributed by atoms with Crippen LogP contribution in [0, 0.1) is 0 Å². The normalized spacial score (nSPS) is 11.2. The molecular formula is C29H30O9. The van der Waals surface area contributed by atoms with Gasteiger partial charge >= 0.3 is 5.97 Å². The Kier molecular flexibility index (Phi) is 9.21. The van der Waals surface area contributed by atoms with Gasteiger partial charge < -0.3 is 33.5 Å². The van der Waals surface area contributed by atoms with Crippen molar-refractivity contribution in [1.82, 2.24) is 0 Å². The van der Waals surface area contributed by atoms with Gasteiger partial charge in [0.2, 0.25) is 5.75 Å². The van der Waals surface area contributed by atoms with Crippen LogP contribution in [-0.4, -0.2) is 59.5 Å². The van der Waals surface area contributed by atoms with Crippen molar-refractivity contribution in [2.45, 2.75) is 6.42 Å². The number of hydrogen-bond donors (Lipinski definition) is 1. The molecule has 0 saturated heterocycles. The first-order valence-corrected chi connectivity index (χ1v) is 11.5. The van der Waals surface area contributed by atoms with E-state index in [-0.39, 0.29) is 23.1 Å². The van der Waals surface area contributed by atoms with Crippen LogP contribution in [0.4, 0.5) is 0 Å². The SMILES string of the molecule is COc1ccc(C(=O)C(Cc2cc(OC)c(OC)c(OC)c2)=C(C(=O)O)c2cc(OC)cc(OC)c2)cc1. The molecule has 3 rings (SSSR count). The second-order valence-corrected chi connectivity index (χ2v) is 8.03. The summed E-state index contributed by atoms with van der Waals surface area (Å²) in [6.45, 7) is 0. The van der Waals surface area contributed by atoms with Crippen molar-refractivity contribution in [3.63, 3.8) is 0 Å². The first kappa shape index (κ1) is 27.9. The van der Waals surface area contributed by atoms with Gasteiger partial charge in [-0.15, -0.1) is 0 Å². The van der Waals surface area contributed by atoms with Crippen molar-refractivity contribution < 1.29 is 43.1 Å². The Labute approximate surface area is 221 Å². The molecule has 0 saturated carbocycles. The van der Waals surface area contributed by atoms with E-state index in [0.29, 0.717) is 45.6 Å². The Morgan fingerprint density at radius 1 is 0.632 bits per heavy atom. The van der Waals surface area contributed by atoms with Gasteiger partial charge in [0, 0.05) is 23.6 Å². The number of hydrogen-bond acceptors (Lipinski definition) is 8. The maximum atomic E-state index is 13.9. The van der Waals surface area contributed by atoms with Crippen LogP contribution in [0.3, 0.4) is 0 Å². The minimum Gasteiger partial charge on any atom is -0.497 e. The molecule has 0 aromatic heterocycles. The van der Waals surface area contributed by atoms with Crippen molar-refractivity contribution in [3.8, 4) is 34.5 Å². The predicted octanol–water partition coefficient (Wildman–Crippen LogP) is 4.70. The number of carbonyl (C=O) groups is 2. The molecular weight excluding hydrogens is 492 g/mol. The monoisotopic (exact) mass is 522 g/mol. The lowest BCUT2D eigenvalue weighted by atomic mass is 9.89. The average molecular weight is 523 g/mol. The Morgan fingerprint density at radius 2 is 1.16 bits per heavy atom. The standard InChI is InChI=1S/C29H30O9/c1-33-20-9-7-18(8-10-20)27(30)23(11-17-12-24(36-4)28(38-6)25(13-17)37-5)26(29(31)32)19-14-21(34-2)16-22(15-19)35-3/h7-10,12-16H,11H2,1-6H3,(H,31,32). The van der Waals surface area contributed by atoms with Crippen LogP contribution in [0.15, 0.2) is 60.2 Å². The lowest BCUT2D eigenvalue weighted by Crippen LogP contribution is -2.14. The largest absolute Gasteiger partial charge is 0.497 e. The molecule has 3 aromatic rings. The molecule has 0 fully saturated rings. The van der Waals surface area contributed by atoms with E-state index >= 15 is 0 Å². The van der Waals surface area contributed by atoms with E-state index in [4.69, 9.17) is 28.4 Å². The third kappa shape index (κ3) is 6.00. The molecule has 0 aliphatic rings. The second kappa shape index (κ2) is 12.5. The van der Waals surface area contributed by atoms with Crippen LogP contribution in [0.2, 0.25) is 0 Å². The molecule has 0 amide bonds. The summed E-state index contributed by atoms with van der Waals surface area (Å²) in [6.07, 6.45) is -0.0528. The summed E-state index contributed by atoms with van der Waals surface area (Å²) in [6, 6.07) is 14.5. The van der Waals surface area contributed by atoms with E-state index in [9.17, 15) is 14.7 Å². The number of benzene rings is 3. The molecule has 38 heavy (non-hydrogen) atoms. The summed E-state index contributed by atoms with van der Waals surface area (Å²) >= 11 is 0. The van der Waals surface area contributed by atoms with Crippen molar-refractivity contribution >= 4 is 17.3 Å². The van der Waals surface area contributed by atoms with Crippen molar-refractivity contribution in [1.29, 1.82) is 0 Å². The van der Waals surface area contributed by atoms with Crippen molar-refractivity contribution in [3.05, 3.63) is 76.9 Å². The summed E-state index contributed by atoms with van der Waals surface area (Å²) in [5, 5.41) is 10.4. The molecule has 0 unspecified atom stereocenters. The number of allylic oxidation sites excluding steroid dienone is 1. The molecule has 1 N–H and O–H groups in total. The van der Waals surface area contributed by atoms with Gasteiger partial charge in [-0.3, -0.25) is 4.79 Å². The smallest absolute Gasteiger partial charge is 0.336 e. The number of carbonyl (C=O) groups excluding carboxylic acids is 1. The Hall–Kier alpha value is -4.66. The van der Waals surface area contributed by atoms with Gasteiger partial charge in [0.15, 0.2) is 17.3 Å². The fourth-order valence-electron chi connectivity index (χ4n) is 4.02. The van der Waals surface area contributed by atoms with Gasteiger partial charge in [-0.2, -0.15) is 0 Å². The molecule has 0 radical (unpaired) electrons. The number of Topliss-reactive ketones (excluding diaryl/α,β-unsaturated/α-hetero) is 1. The highest BCUT2D eigenvalue weighted by Crippen LogP contribution is 2.40. The number of aliphatic carboxylic acids is 1. The minimum absolute atomic E-state index is 0.0345. The topological polar surface area (TPSA) is 110 Å². The predicted molar refractivity (Wildman–Crippen MR) is 141 cm³/mol. The molecule has 9 heteroatoms. The van der Waals surface area contributed by atoms with E-state index in [2.05, 4.69) is 0 Å². The summed E-state index contributed by atoms with van der Waals surface area (Å²) in [5.41, 5.74) is 0.953. The molecule has 0 aliphatic heterocycles. The molecule has 3 aromatic carbocycles. The number of rotatable bonds is 12. The number of ketones is 1. The van der Waals surface area contributed by atoms with Gasteiger partial charge in [0.25, 0.3) is 0 Å². The van der Waals surface area contributed by atoms with Gasteiger partial charge in [0.05, 0.1) is 48.2 Å². The van der Waals surface area contributed by atoms with Crippen LogP contribution in [0.5, 0.6) is 34.5 Å². The Bertz CT molecular complexity index is 1290. The first-order valence-electron chi connectivity index (χ1n) is 11.5. The molecule has 0 atom stereocenters. The second-order valence-electron chi connectivity index (χ2n) is 8.03. The zero-order valence-corrected chi connectivity index (χ0v) is 22.1. The third-order valence-electron chi connectivity index (χ3n) is 5.89. The fraction of sp³-hybridized carbons (Fsp3) is 0.241. The lowest BCUT2D eigenvalue weighted by molar-refractivity contribution is -0.130. The lowest BCUT2D eigenvalue weighted by Gasteiger charge is -2.17. The zero-order chi connectivity index (χ0) is 27.8. The van der Waals surface area contributed by atoms with E-state index in [0.717, 1.165) is 0 Å². The highest BCUT2D eigenvalue weighted by molar-refractivity contribution is 6.26. The van der Waals surface area contributed by atoms with Crippen molar-refractivity contribution in [2.24, 2.45) is 0 Å². The summed E-state index contributed by atoms with van der Waals surface area (Å²) in [4.78, 5) is 26.6. The third-order valence-corrected chi connectivity index (χ3v) is 5.89. The Balaban J connectivity index is 2.30. The van der Waals surface area contributed by atoms with Crippen LogP contribution in [0.25, 0.3) is 5.57 Å². The van der Waals surface area contributed by atoms with Crippen LogP contribution in [0.1, 0.15) is 21.5 Å². The molecule has 200 valence electrons. The quantitative estimate of drug-likeness (QED) is 0.267. The van der Waals surface area contributed by atoms with E-state index in [1.54, 1.807) is 54.6 Å². The fourth-order valence-corrected chi connectivity index (χ4v) is 4.02. The van der Waals surface area contributed by atoms with Crippen molar-refractivity contribution in [2.75, 3.05) is 42.7 Å². The summed E-state index contributed by atoms with van der Waals surface area (Å²) in [5.74, 6) is 0.681. The molecule has 0 heterocycles. The maximum absolute atomic E-state index is 13.9. The average Bonchev–Trinajstić information content (AvgIpc) is 2.95. The number of methoxy groups -OCH3 is 6. The van der Waals surface area contributed by atoms with Gasteiger partial charge in [-0.25, -0.2) is 4.79 Å². The molecule has 0 bridgehead atoms. The summed E-state index contributed by atoms with van der Waals surface area (Å²) < 4.78 is 32.2. The van der Waals surface area contributed by atoms with E-state index in [1.165, 1.54) is 42.7 Å². The van der Waals surface area contributed by atoms with Crippen LogP contribution < -0.4 is 28.4 Å². The van der Waals surface area contributed by atoms with Gasteiger partial charge in [-0.05, 0) is 59.7 Å². The van der Waals surface area contributed by atoms with Gasteiger partial charge in [0.1, 0.15) is 17.2 Å². The first-order chi connectivity index (χ1) is 18.3. The minimum atomic E-state index is -1.29. The number of carboxylic acids is 1.